The van der Waals surface area contributed by atoms with Gasteiger partial charge < -0.3 is 14.8 Å². The van der Waals surface area contributed by atoms with Crippen LogP contribution < -0.4 is 14.8 Å². The third-order valence-electron chi connectivity index (χ3n) is 4.75. The number of carbonyl (C=O) groups excluding carboxylic acids is 1. The maximum absolute atomic E-state index is 13.1. The van der Waals surface area contributed by atoms with E-state index in [0.29, 0.717) is 27.2 Å². The van der Waals surface area contributed by atoms with Crippen molar-refractivity contribution in [1.29, 1.82) is 5.26 Å². The van der Waals surface area contributed by atoms with Gasteiger partial charge >= 0.3 is 6.18 Å². The number of alkyl halides is 3. The summed E-state index contributed by atoms with van der Waals surface area (Å²) in [5.41, 5.74) is -0.130. The standard InChI is InChI=1S/C26H19F4IN2O3/c1-2-35-23-12-17(11-22(31)24(23)36-15-16-6-8-20(27)9-7-16)10-18(14-32)25(34)33-21-5-3-4-19(13-21)26(28,29)30/h3-13H,2,15H2,1H3,(H,33,34)/b18-10+. The topological polar surface area (TPSA) is 71.3 Å². The monoisotopic (exact) mass is 610 g/mol. The molecule has 3 rings (SSSR count). The molecule has 0 aliphatic rings. The molecular formula is C26H19F4IN2O3. The van der Waals surface area contributed by atoms with E-state index in [1.165, 1.54) is 24.3 Å². The lowest BCUT2D eigenvalue weighted by Gasteiger charge is -2.15. The van der Waals surface area contributed by atoms with Crippen LogP contribution in [0.4, 0.5) is 23.2 Å². The number of nitrogens with zero attached hydrogens (tertiary/aromatic N) is 1. The lowest BCUT2D eigenvalue weighted by atomic mass is 10.1. The summed E-state index contributed by atoms with van der Waals surface area (Å²) in [6.45, 7) is 2.26. The molecule has 0 aromatic heterocycles. The third kappa shape index (κ3) is 7.21. The van der Waals surface area contributed by atoms with Gasteiger partial charge in [-0.1, -0.05) is 18.2 Å². The Kier molecular flexibility index (Phi) is 8.93. The minimum atomic E-state index is -4.57. The van der Waals surface area contributed by atoms with Gasteiger partial charge in [0, 0.05) is 5.69 Å². The highest BCUT2D eigenvalue weighted by Gasteiger charge is 2.30. The number of carbonyl (C=O) groups is 1. The molecule has 0 atom stereocenters. The van der Waals surface area contributed by atoms with E-state index in [0.717, 1.165) is 23.8 Å². The number of ether oxygens (including phenoxy) is 2. The lowest BCUT2D eigenvalue weighted by molar-refractivity contribution is -0.137. The van der Waals surface area contributed by atoms with Gasteiger partial charge in [-0.3, -0.25) is 4.79 Å². The predicted octanol–water partition coefficient (Wildman–Crippen LogP) is 6.97. The van der Waals surface area contributed by atoms with E-state index in [4.69, 9.17) is 9.47 Å². The van der Waals surface area contributed by atoms with Crippen LogP contribution in [0.3, 0.4) is 0 Å². The van der Waals surface area contributed by atoms with Crippen molar-refractivity contribution in [1.82, 2.24) is 0 Å². The zero-order valence-electron chi connectivity index (χ0n) is 18.8. The molecule has 0 fully saturated rings. The fourth-order valence-corrected chi connectivity index (χ4v) is 3.88. The number of nitrogens with one attached hydrogen (secondary N) is 1. The smallest absolute Gasteiger partial charge is 0.416 e. The Bertz CT molecular complexity index is 1320. The summed E-state index contributed by atoms with van der Waals surface area (Å²) >= 11 is 2.02. The molecule has 1 N–H and O–H groups in total. The molecule has 0 saturated heterocycles. The quantitative estimate of drug-likeness (QED) is 0.130. The Labute approximate surface area is 218 Å². The Balaban J connectivity index is 1.84. The van der Waals surface area contributed by atoms with Crippen LogP contribution in [0, 0.1) is 20.7 Å². The summed E-state index contributed by atoms with van der Waals surface area (Å²) in [6.07, 6.45) is -3.26. The first-order valence-corrected chi connectivity index (χ1v) is 11.6. The molecule has 0 saturated carbocycles. The number of anilines is 1. The predicted molar refractivity (Wildman–Crippen MR) is 135 cm³/mol. The van der Waals surface area contributed by atoms with Gasteiger partial charge in [-0.25, -0.2) is 4.39 Å². The molecule has 36 heavy (non-hydrogen) atoms. The molecule has 0 spiro atoms. The van der Waals surface area contributed by atoms with Gasteiger partial charge in [0.1, 0.15) is 24.1 Å². The summed E-state index contributed by atoms with van der Waals surface area (Å²) in [4.78, 5) is 12.6. The summed E-state index contributed by atoms with van der Waals surface area (Å²) in [7, 11) is 0. The van der Waals surface area contributed by atoms with Crippen LogP contribution in [0.5, 0.6) is 11.5 Å². The van der Waals surface area contributed by atoms with Crippen molar-refractivity contribution in [2.45, 2.75) is 19.7 Å². The van der Waals surface area contributed by atoms with Crippen molar-refractivity contribution >= 4 is 40.3 Å². The molecule has 10 heteroatoms. The van der Waals surface area contributed by atoms with Crippen LogP contribution in [-0.2, 0) is 17.6 Å². The van der Waals surface area contributed by atoms with Crippen molar-refractivity contribution in [2.24, 2.45) is 0 Å². The number of halogens is 5. The number of hydrogen-bond donors (Lipinski definition) is 1. The fraction of sp³-hybridized carbons (Fsp3) is 0.154. The molecule has 3 aromatic carbocycles. The Morgan fingerprint density at radius 1 is 1.11 bits per heavy atom. The Morgan fingerprint density at radius 3 is 2.47 bits per heavy atom. The van der Waals surface area contributed by atoms with Gasteiger partial charge in [0.25, 0.3) is 5.91 Å². The first kappa shape index (κ1) is 27.0. The average Bonchev–Trinajstić information content (AvgIpc) is 2.83. The number of nitriles is 1. The zero-order chi connectivity index (χ0) is 26.3. The Hall–Kier alpha value is -3.59. The van der Waals surface area contributed by atoms with E-state index in [1.54, 1.807) is 37.3 Å². The van der Waals surface area contributed by atoms with Crippen molar-refractivity contribution in [3.63, 3.8) is 0 Å². The van der Waals surface area contributed by atoms with Crippen molar-refractivity contribution in [3.05, 3.63) is 92.3 Å². The molecule has 3 aromatic rings. The van der Waals surface area contributed by atoms with Gasteiger partial charge in [-0.05, 0) is 89.2 Å². The second kappa shape index (κ2) is 11.9. The number of hydrogen-bond acceptors (Lipinski definition) is 4. The fourth-order valence-electron chi connectivity index (χ4n) is 3.10. The second-order valence-corrected chi connectivity index (χ2v) is 8.54. The molecule has 0 aliphatic heterocycles. The van der Waals surface area contributed by atoms with E-state index < -0.39 is 17.6 Å². The van der Waals surface area contributed by atoms with Gasteiger partial charge in [0.15, 0.2) is 11.5 Å². The van der Waals surface area contributed by atoms with Crippen molar-refractivity contribution in [2.75, 3.05) is 11.9 Å². The number of amides is 1. The number of benzene rings is 3. The highest BCUT2D eigenvalue weighted by molar-refractivity contribution is 14.1. The Morgan fingerprint density at radius 2 is 1.83 bits per heavy atom. The van der Waals surface area contributed by atoms with Crippen molar-refractivity contribution in [3.8, 4) is 17.6 Å². The molecule has 0 aliphatic carbocycles. The second-order valence-electron chi connectivity index (χ2n) is 7.38. The van der Waals surface area contributed by atoms with Gasteiger partial charge in [-0.2, -0.15) is 18.4 Å². The molecular weight excluding hydrogens is 591 g/mol. The molecule has 5 nitrogen and oxygen atoms in total. The van der Waals surface area contributed by atoms with E-state index in [1.807, 2.05) is 22.6 Å². The largest absolute Gasteiger partial charge is 0.490 e. The van der Waals surface area contributed by atoms with Crippen LogP contribution in [-0.4, -0.2) is 12.5 Å². The van der Waals surface area contributed by atoms with Crippen LogP contribution in [0.1, 0.15) is 23.6 Å². The first-order chi connectivity index (χ1) is 17.1. The van der Waals surface area contributed by atoms with Gasteiger partial charge in [0.05, 0.1) is 15.7 Å². The molecule has 186 valence electrons. The van der Waals surface area contributed by atoms with Crippen molar-refractivity contribution < 1.29 is 31.8 Å². The first-order valence-electron chi connectivity index (χ1n) is 10.5. The van der Waals surface area contributed by atoms with Crippen LogP contribution in [0.15, 0.2) is 66.2 Å². The maximum Gasteiger partial charge on any atom is 0.416 e. The molecule has 1 amide bonds. The minimum Gasteiger partial charge on any atom is -0.490 e. The highest BCUT2D eigenvalue weighted by atomic mass is 127. The summed E-state index contributed by atoms with van der Waals surface area (Å²) < 4.78 is 64.1. The van der Waals surface area contributed by atoms with E-state index in [9.17, 15) is 27.6 Å². The zero-order valence-corrected chi connectivity index (χ0v) is 21.0. The normalized spacial score (nSPS) is 11.5. The van der Waals surface area contributed by atoms with E-state index in [-0.39, 0.29) is 23.7 Å². The highest BCUT2D eigenvalue weighted by Crippen LogP contribution is 2.36. The minimum absolute atomic E-state index is 0.0925. The molecule has 0 bridgehead atoms. The summed E-state index contributed by atoms with van der Waals surface area (Å²) in [5, 5.41) is 11.8. The van der Waals surface area contributed by atoms with E-state index >= 15 is 0 Å². The van der Waals surface area contributed by atoms with E-state index in [2.05, 4.69) is 5.32 Å². The summed E-state index contributed by atoms with van der Waals surface area (Å²) in [6, 6.07) is 15.0. The molecule has 0 unspecified atom stereocenters. The molecule has 0 radical (unpaired) electrons. The SMILES string of the molecule is CCOc1cc(/C=C(\C#N)C(=O)Nc2cccc(C(F)(F)F)c2)cc(I)c1OCc1ccc(F)cc1. The van der Waals surface area contributed by atoms with Gasteiger partial charge in [0.2, 0.25) is 0 Å². The van der Waals surface area contributed by atoms with Crippen LogP contribution >= 0.6 is 22.6 Å². The lowest BCUT2D eigenvalue weighted by Crippen LogP contribution is -2.14. The third-order valence-corrected chi connectivity index (χ3v) is 5.55. The number of rotatable bonds is 8. The van der Waals surface area contributed by atoms with Crippen LogP contribution in [0.2, 0.25) is 0 Å². The maximum atomic E-state index is 13.1. The van der Waals surface area contributed by atoms with Crippen LogP contribution in [0.25, 0.3) is 6.08 Å². The van der Waals surface area contributed by atoms with Gasteiger partial charge in [-0.15, -0.1) is 0 Å². The average molecular weight is 610 g/mol. The molecule has 0 heterocycles. The summed E-state index contributed by atoms with van der Waals surface area (Å²) in [5.74, 6) is -0.412.